The van der Waals surface area contributed by atoms with E-state index < -0.39 is 0 Å². The largest absolute Gasteiger partial charge is 0.463 e. The van der Waals surface area contributed by atoms with Crippen LogP contribution in [0.2, 0.25) is 0 Å². The Morgan fingerprint density at radius 2 is 1.39 bits per heavy atom. The van der Waals surface area contributed by atoms with E-state index in [0.29, 0.717) is 6.61 Å². The molecule has 0 bridgehead atoms. The maximum atomic E-state index is 11.9. The second-order valence-corrected chi connectivity index (χ2v) is 7.13. The molecule has 0 saturated carbocycles. The molecule has 0 unspecified atom stereocenters. The first-order valence-electron chi connectivity index (χ1n) is 9.66. The zero-order valence-corrected chi connectivity index (χ0v) is 17.0. The number of hydrogen-bond acceptors (Lipinski definition) is 2. The van der Waals surface area contributed by atoms with E-state index in [4.69, 9.17) is 4.74 Å². The standard InChI is InChI=1S/C20H37BrO2/c1-3-5-7-9-11-15-19(14-10-8-6-4-2)18-20(22)23-17-13-12-16-21/h18H,3-17H2,1-2H3/b19-18-. The molecule has 0 aromatic heterocycles. The molecule has 0 N–H and O–H groups in total. The van der Waals surface area contributed by atoms with Gasteiger partial charge in [0.1, 0.15) is 0 Å². The molecule has 0 rings (SSSR count). The van der Waals surface area contributed by atoms with Crippen LogP contribution in [0.4, 0.5) is 0 Å². The number of hydrogen-bond donors (Lipinski definition) is 0. The molecule has 0 aromatic rings. The van der Waals surface area contributed by atoms with E-state index >= 15 is 0 Å². The number of esters is 1. The maximum absolute atomic E-state index is 11.9. The molecular formula is C20H37BrO2. The molecular weight excluding hydrogens is 352 g/mol. The average Bonchev–Trinajstić information content (AvgIpc) is 2.55. The number of carbonyl (C=O) groups excluding carboxylic acids is 1. The highest BCUT2D eigenvalue weighted by atomic mass is 79.9. The van der Waals surface area contributed by atoms with Gasteiger partial charge in [0, 0.05) is 11.4 Å². The third kappa shape index (κ3) is 16.3. The highest BCUT2D eigenvalue weighted by molar-refractivity contribution is 9.09. The van der Waals surface area contributed by atoms with Gasteiger partial charge in [-0.05, 0) is 38.5 Å². The Morgan fingerprint density at radius 1 is 0.826 bits per heavy atom. The molecule has 0 aliphatic carbocycles. The number of allylic oxidation sites excluding steroid dienone is 1. The van der Waals surface area contributed by atoms with E-state index in [0.717, 1.165) is 31.0 Å². The highest BCUT2D eigenvalue weighted by Gasteiger charge is 2.04. The van der Waals surface area contributed by atoms with Crippen LogP contribution < -0.4 is 0 Å². The Labute approximate surface area is 152 Å². The van der Waals surface area contributed by atoms with Crippen molar-refractivity contribution in [2.24, 2.45) is 0 Å². The van der Waals surface area contributed by atoms with E-state index in [1.807, 2.05) is 0 Å². The van der Waals surface area contributed by atoms with Gasteiger partial charge >= 0.3 is 5.97 Å². The van der Waals surface area contributed by atoms with E-state index in [9.17, 15) is 4.79 Å². The first-order chi connectivity index (χ1) is 11.2. The molecule has 3 heteroatoms. The molecule has 0 spiro atoms. The number of halogens is 1. The van der Waals surface area contributed by atoms with Gasteiger partial charge in [0.05, 0.1) is 6.61 Å². The van der Waals surface area contributed by atoms with Gasteiger partial charge in [-0.2, -0.15) is 0 Å². The summed E-state index contributed by atoms with van der Waals surface area (Å²) in [5.41, 5.74) is 1.29. The lowest BCUT2D eigenvalue weighted by Gasteiger charge is -2.08. The summed E-state index contributed by atoms with van der Waals surface area (Å²) in [5.74, 6) is -0.140. The molecule has 0 radical (unpaired) electrons. The molecule has 136 valence electrons. The number of alkyl halides is 1. The molecule has 23 heavy (non-hydrogen) atoms. The summed E-state index contributed by atoms with van der Waals surface area (Å²) in [6.07, 6.45) is 17.3. The Bertz CT molecular complexity index is 300. The Kier molecular flexibility index (Phi) is 17.8. The summed E-state index contributed by atoms with van der Waals surface area (Å²) in [4.78, 5) is 11.9. The van der Waals surface area contributed by atoms with Crippen LogP contribution in [0.5, 0.6) is 0 Å². The van der Waals surface area contributed by atoms with E-state index in [2.05, 4.69) is 29.8 Å². The minimum absolute atomic E-state index is 0.140. The second kappa shape index (κ2) is 18.0. The van der Waals surface area contributed by atoms with Gasteiger partial charge in [0.2, 0.25) is 0 Å². The van der Waals surface area contributed by atoms with Crippen LogP contribution in [0.25, 0.3) is 0 Å². The lowest BCUT2D eigenvalue weighted by atomic mass is 10.00. The van der Waals surface area contributed by atoms with Crippen LogP contribution in [-0.4, -0.2) is 17.9 Å². The van der Waals surface area contributed by atoms with Crippen LogP contribution >= 0.6 is 15.9 Å². The summed E-state index contributed by atoms with van der Waals surface area (Å²) in [5, 5.41) is 0.973. The summed E-state index contributed by atoms with van der Waals surface area (Å²) in [6, 6.07) is 0. The minimum atomic E-state index is -0.140. The van der Waals surface area contributed by atoms with Crippen molar-refractivity contribution in [3.63, 3.8) is 0 Å². The van der Waals surface area contributed by atoms with Gasteiger partial charge in [-0.3, -0.25) is 0 Å². The van der Waals surface area contributed by atoms with Crippen LogP contribution in [0.1, 0.15) is 97.3 Å². The van der Waals surface area contributed by atoms with Gasteiger partial charge < -0.3 is 4.74 Å². The average molecular weight is 389 g/mol. The van der Waals surface area contributed by atoms with Gasteiger partial charge in [-0.1, -0.05) is 80.3 Å². The SMILES string of the molecule is CCCCCCC/C(=C\C(=O)OCCCCBr)CCCCCC. The normalized spacial score (nSPS) is 11.7. The third-order valence-electron chi connectivity index (χ3n) is 4.05. The minimum Gasteiger partial charge on any atom is -0.463 e. The van der Waals surface area contributed by atoms with Crippen molar-refractivity contribution in [1.29, 1.82) is 0 Å². The lowest BCUT2D eigenvalue weighted by Crippen LogP contribution is -2.04. The number of rotatable bonds is 16. The van der Waals surface area contributed by atoms with Crippen LogP contribution in [0.3, 0.4) is 0 Å². The number of carbonyl (C=O) groups is 1. The van der Waals surface area contributed by atoms with Crippen molar-refractivity contribution in [2.45, 2.75) is 97.3 Å². The van der Waals surface area contributed by atoms with Crippen molar-refractivity contribution in [1.82, 2.24) is 0 Å². The smallest absolute Gasteiger partial charge is 0.330 e. The van der Waals surface area contributed by atoms with Gasteiger partial charge in [-0.15, -0.1) is 0 Å². The summed E-state index contributed by atoms with van der Waals surface area (Å²) >= 11 is 3.39. The molecule has 0 aliphatic heterocycles. The summed E-state index contributed by atoms with van der Waals surface area (Å²) in [6.45, 7) is 5.01. The van der Waals surface area contributed by atoms with Gasteiger partial charge in [0.25, 0.3) is 0 Å². The van der Waals surface area contributed by atoms with E-state index in [-0.39, 0.29) is 5.97 Å². The molecule has 0 saturated heterocycles. The Balaban J connectivity index is 4.15. The quantitative estimate of drug-likeness (QED) is 0.123. The fourth-order valence-electron chi connectivity index (χ4n) is 2.58. The molecule has 0 aliphatic rings. The fourth-order valence-corrected chi connectivity index (χ4v) is 2.98. The molecule has 0 atom stereocenters. The number of unbranched alkanes of at least 4 members (excludes halogenated alkanes) is 8. The molecule has 0 heterocycles. The monoisotopic (exact) mass is 388 g/mol. The van der Waals surface area contributed by atoms with E-state index in [1.54, 1.807) is 6.08 Å². The predicted molar refractivity (Wildman–Crippen MR) is 104 cm³/mol. The third-order valence-corrected chi connectivity index (χ3v) is 4.61. The van der Waals surface area contributed by atoms with Crippen molar-refractivity contribution in [2.75, 3.05) is 11.9 Å². The molecule has 0 fully saturated rings. The fraction of sp³-hybridized carbons (Fsp3) is 0.850. The second-order valence-electron chi connectivity index (χ2n) is 6.34. The van der Waals surface area contributed by atoms with Crippen LogP contribution in [-0.2, 0) is 9.53 Å². The zero-order valence-electron chi connectivity index (χ0n) is 15.4. The lowest BCUT2D eigenvalue weighted by molar-refractivity contribution is -0.137. The summed E-state index contributed by atoms with van der Waals surface area (Å²) < 4.78 is 5.31. The molecule has 0 aromatic carbocycles. The number of ether oxygens (including phenoxy) is 1. The van der Waals surface area contributed by atoms with Crippen LogP contribution in [0, 0.1) is 0 Å². The maximum Gasteiger partial charge on any atom is 0.330 e. The van der Waals surface area contributed by atoms with Crippen molar-refractivity contribution in [3.8, 4) is 0 Å². The topological polar surface area (TPSA) is 26.3 Å². The Morgan fingerprint density at radius 3 is 1.96 bits per heavy atom. The van der Waals surface area contributed by atoms with Crippen molar-refractivity contribution in [3.05, 3.63) is 11.6 Å². The molecule has 2 nitrogen and oxygen atoms in total. The van der Waals surface area contributed by atoms with Gasteiger partial charge in [0.15, 0.2) is 0 Å². The zero-order chi connectivity index (χ0) is 17.2. The van der Waals surface area contributed by atoms with Crippen molar-refractivity contribution >= 4 is 21.9 Å². The Hall–Kier alpha value is -0.310. The molecule has 0 amide bonds. The van der Waals surface area contributed by atoms with Crippen LogP contribution in [0.15, 0.2) is 11.6 Å². The van der Waals surface area contributed by atoms with E-state index in [1.165, 1.54) is 63.4 Å². The summed E-state index contributed by atoms with van der Waals surface area (Å²) in [7, 11) is 0. The first kappa shape index (κ1) is 22.7. The van der Waals surface area contributed by atoms with Crippen molar-refractivity contribution < 1.29 is 9.53 Å². The first-order valence-corrected chi connectivity index (χ1v) is 10.8. The van der Waals surface area contributed by atoms with Gasteiger partial charge in [-0.25, -0.2) is 4.79 Å². The highest BCUT2D eigenvalue weighted by Crippen LogP contribution is 2.18. The predicted octanol–water partition coefficient (Wildman–Crippen LogP) is 6.96.